The van der Waals surface area contributed by atoms with Crippen molar-refractivity contribution in [3.05, 3.63) is 40.0 Å². The third-order valence-electron chi connectivity index (χ3n) is 4.15. The van der Waals surface area contributed by atoms with Crippen molar-refractivity contribution in [3.63, 3.8) is 0 Å². The first kappa shape index (κ1) is 16.7. The Hall–Kier alpha value is -2.15. The maximum Gasteiger partial charge on any atom is 0.329 e. The van der Waals surface area contributed by atoms with Gasteiger partial charge in [0.2, 0.25) is 5.91 Å². The Labute approximate surface area is 148 Å². The second-order valence-corrected chi connectivity index (χ2v) is 6.79. The number of halogens is 1. The fourth-order valence-corrected chi connectivity index (χ4v) is 3.08. The number of amides is 4. The van der Waals surface area contributed by atoms with Crippen LogP contribution in [-0.4, -0.2) is 47.3 Å². The quantitative estimate of drug-likeness (QED) is 0.634. The topological polar surface area (TPSA) is 69.7 Å². The van der Waals surface area contributed by atoms with Gasteiger partial charge in [0.15, 0.2) is 0 Å². The van der Waals surface area contributed by atoms with E-state index in [0.29, 0.717) is 13.1 Å². The van der Waals surface area contributed by atoms with Crippen molar-refractivity contribution in [2.45, 2.75) is 19.3 Å². The summed E-state index contributed by atoms with van der Waals surface area (Å²) < 4.78 is 0.931. The number of nitrogens with zero attached hydrogens (tertiary/aromatic N) is 2. The predicted octanol–water partition coefficient (Wildman–Crippen LogP) is 2.35. The maximum atomic E-state index is 12.4. The van der Waals surface area contributed by atoms with Crippen LogP contribution in [0.25, 0.3) is 6.08 Å². The summed E-state index contributed by atoms with van der Waals surface area (Å²) >= 11 is 3.35. The molecule has 0 spiro atoms. The van der Waals surface area contributed by atoms with Crippen molar-refractivity contribution in [1.29, 1.82) is 0 Å². The fourth-order valence-electron chi connectivity index (χ4n) is 2.82. The Bertz CT molecular complexity index is 694. The van der Waals surface area contributed by atoms with Gasteiger partial charge in [-0.3, -0.25) is 9.59 Å². The number of benzene rings is 1. The molecule has 6 nitrogen and oxygen atoms in total. The molecule has 7 heteroatoms. The van der Waals surface area contributed by atoms with Crippen LogP contribution in [0, 0.1) is 0 Å². The zero-order valence-corrected chi connectivity index (χ0v) is 14.7. The second kappa shape index (κ2) is 7.17. The third-order valence-corrected chi connectivity index (χ3v) is 4.67. The van der Waals surface area contributed by atoms with E-state index in [1.165, 1.54) is 0 Å². The lowest BCUT2D eigenvalue weighted by atomic mass is 10.1. The number of hydrogen-bond acceptors (Lipinski definition) is 3. The minimum Gasteiger partial charge on any atom is -0.341 e. The Balaban J connectivity index is 1.69. The lowest BCUT2D eigenvalue weighted by molar-refractivity contribution is -0.136. The van der Waals surface area contributed by atoms with Crippen LogP contribution in [0.3, 0.4) is 0 Å². The van der Waals surface area contributed by atoms with E-state index in [0.717, 1.165) is 34.2 Å². The van der Waals surface area contributed by atoms with Gasteiger partial charge in [-0.2, -0.15) is 0 Å². The van der Waals surface area contributed by atoms with E-state index in [1.807, 2.05) is 24.3 Å². The summed E-state index contributed by atoms with van der Waals surface area (Å²) in [6.07, 6.45) is 4.67. The SMILES string of the molecule is O=C(CN1C(=O)N/C(=C\c2ccc(Br)cc2)C1=O)N1CCCCC1. The Kier molecular flexibility index (Phi) is 4.99. The van der Waals surface area contributed by atoms with Gasteiger partial charge in [0, 0.05) is 17.6 Å². The molecule has 0 atom stereocenters. The van der Waals surface area contributed by atoms with Crippen LogP contribution < -0.4 is 5.32 Å². The molecule has 0 radical (unpaired) electrons. The molecule has 2 aliphatic rings. The zero-order valence-electron chi connectivity index (χ0n) is 13.1. The van der Waals surface area contributed by atoms with Gasteiger partial charge < -0.3 is 10.2 Å². The van der Waals surface area contributed by atoms with Crippen LogP contribution >= 0.6 is 15.9 Å². The van der Waals surface area contributed by atoms with Gasteiger partial charge in [-0.1, -0.05) is 28.1 Å². The highest BCUT2D eigenvalue weighted by Crippen LogP contribution is 2.17. The number of imide groups is 1. The van der Waals surface area contributed by atoms with Crippen LogP contribution in [0.2, 0.25) is 0 Å². The van der Waals surface area contributed by atoms with Gasteiger partial charge in [0.05, 0.1) is 0 Å². The first-order valence-corrected chi connectivity index (χ1v) is 8.72. The van der Waals surface area contributed by atoms with Crippen molar-refractivity contribution in [3.8, 4) is 0 Å². The van der Waals surface area contributed by atoms with Crippen LogP contribution in [0.15, 0.2) is 34.4 Å². The molecule has 0 bridgehead atoms. The molecule has 2 heterocycles. The maximum absolute atomic E-state index is 12.4. The van der Waals surface area contributed by atoms with E-state index in [9.17, 15) is 14.4 Å². The first-order valence-electron chi connectivity index (χ1n) is 7.92. The molecule has 2 fully saturated rings. The molecule has 1 aromatic rings. The highest BCUT2D eigenvalue weighted by molar-refractivity contribution is 9.10. The molecule has 24 heavy (non-hydrogen) atoms. The summed E-state index contributed by atoms with van der Waals surface area (Å²) in [5, 5.41) is 2.54. The molecular weight excluding hydrogens is 374 g/mol. The summed E-state index contributed by atoms with van der Waals surface area (Å²) in [5.41, 5.74) is 0.986. The first-order chi connectivity index (χ1) is 11.5. The van der Waals surface area contributed by atoms with Crippen molar-refractivity contribution in [2.75, 3.05) is 19.6 Å². The summed E-state index contributed by atoms with van der Waals surface area (Å²) in [7, 11) is 0. The molecule has 0 saturated carbocycles. The van der Waals surface area contributed by atoms with Crippen molar-refractivity contribution in [2.24, 2.45) is 0 Å². The summed E-state index contributed by atoms with van der Waals surface area (Å²) in [6, 6.07) is 6.82. The Morgan fingerprint density at radius 3 is 2.46 bits per heavy atom. The number of piperidine rings is 1. The molecule has 1 N–H and O–H groups in total. The number of urea groups is 1. The van der Waals surface area contributed by atoms with E-state index in [-0.39, 0.29) is 18.1 Å². The molecule has 1 aromatic carbocycles. The van der Waals surface area contributed by atoms with Gasteiger partial charge in [0.25, 0.3) is 5.91 Å². The number of carbonyl (C=O) groups excluding carboxylic acids is 3. The summed E-state index contributed by atoms with van der Waals surface area (Å²) in [6.45, 7) is 1.19. The molecule has 2 saturated heterocycles. The molecular formula is C17H18BrN3O3. The summed E-state index contributed by atoms with van der Waals surface area (Å²) in [4.78, 5) is 39.4. The highest BCUT2D eigenvalue weighted by atomic mass is 79.9. The third kappa shape index (κ3) is 3.67. The van der Waals surface area contributed by atoms with Crippen molar-refractivity contribution in [1.82, 2.24) is 15.1 Å². The predicted molar refractivity (Wildman–Crippen MR) is 92.8 cm³/mol. The van der Waals surface area contributed by atoms with E-state index in [1.54, 1.807) is 11.0 Å². The second-order valence-electron chi connectivity index (χ2n) is 5.87. The lowest BCUT2D eigenvalue weighted by Gasteiger charge is -2.27. The van der Waals surface area contributed by atoms with Crippen LogP contribution in [0.5, 0.6) is 0 Å². The molecule has 126 valence electrons. The van der Waals surface area contributed by atoms with Gasteiger partial charge in [0.1, 0.15) is 12.2 Å². The lowest BCUT2D eigenvalue weighted by Crippen LogP contribution is -2.44. The molecule has 3 rings (SSSR count). The monoisotopic (exact) mass is 391 g/mol. The van der Waals surface area contributed by atoms with Crippen LogP contribution in [0.4, 0.5) is 4.79 Å². The fraction of sp³-hybridized carbons (Fsp3) is 0.353. The Morgan fingerprint density at radius 2 is 1.79 bits per heavy atom. The zero-order chi connectivity index (χ0) is 17.1. The highest BCUT2D eigenvalue weighted by Gasteiger charge is 2.35. The molecule has 0 aliphatic carbocycles. The molecule has 0 unspecified atom stereocenters. The van der Waals surface area contributed by atoms with Crippen molar-refractivity contribution < 1.29 is 14.4 Å². The number of carbonyl (C=O) groups is 3. The molecule has 4 amide bonds. The minimum absolute atomic E-state index is 0.178. The summed E-state index contributed by atoms with van der Waals surface area (Å²) in [5.74, 6) is -0.642. The number of rotatable bonds is 3. The van der Waals surface area contributed by atoms with Gasteiger partial charge in [-0.15, -0.1) is 0 Å². The minimum atomic E-state index is -0.547. The largest absolute Gasteiger partial charge is 0.341 e. The average Bonchev–Trinajstić information content (AvgIpc) is 2.85. The van der Waals surface area contributed by atoms with E-state index >= 15 is 0 Å². The smallest absolute Gasteiger partial charge is 0.329 e. The molecule has 2 aliphatic heterocycles. The average molecular weight is 392 g/mol. The number of likely N-dealkylation sites (tertiary alicyclic amines) is 1. The normalized spacial score (nSPS) is 19.8. The van der Waals surface area contributed by atoms with E-state index in [2.05, 4.69) is 21.2 Å². The van der Waals surface area contributed by atoms with Gasteiger partial charge in [-0.25, -0.2) is 9.69 Å². The number of hydrogen-bond donors (Lipinski definition) is 1. The standard InChI is InChI=1S/C17H18BrN3O3/c18-13-6-4-12(5-7-13)10-14-16(23)21(17(24)19-14)11-15(22)20-8-2-1-3-9-20/h4-7,10H,1-3,8-9,11H2,(H,19,24)/b14-10-. The van der Waals surface area contributed by atoms with Gasteiger partial charge in [-0.05, 0) is 43.0 Å². The van der Waals surface area contributed by atoms with E-state index in [4.69, 9.17) is 0 Å². The van der Waals surface area contributed by atoms with E-state index < -0.39 is 11.9 Å². The van der Waals surface area contributed by atoms with Gasteiger partial charge >= 0.3 is 6.03 Å². The van der Waals surface area contributed by atoms with Crippen molar-refractivity contribution >= 4 is 39.9 Å². The molecule has 0 aromatic heterocycles. The Morgan fingerprint density at radius 1 is 1.12 bits per heavy atom. The number of nitrogens with one attached hydrogen (secondary N) is 1. The van der Waals surface area contributed by atoms with Crippen LogP contribution in [0.1, 0.15) is 24.8 Å². The van der Waals surface area contributed by atoms with Crippen LogP contribution in [-0.2, 0) is 9.59 Å².